The van der Waals surface area contributed by atoms with Crippen molar-refractivity contribution in [1.82, 2.24) is 5.32 Å². The van der Waals surface area contributed by atoms with Gasteiger partial charge in [0.1, 0.15) is 5.60 Å². The summed E-state index contributed by atoms with van der Waals surface area (Å²) in [6.45, 7) is 1.72. The van der Waals surface area contributed by atoms with Gasteiger partial charge in [0.2, 0.25) is 5.91 Å². The predicted octanol–water partition coefficient (Wildman–Crippen LogP) is 2.69. The molecule has 6 nitrogen and oxygen atoms in total. The van der Waals surface area contributed by atoms with Gasteiger partial charge in [-0.2, -0.15) is 11.3 Å². The third kappa shape index (κ3) is 4.73. The van der Waals surface area contributed by atoms with Gasteiger partial charge in [0, 0.05) is 18.2 Å². The van der Waals surface area contributed by atoms with Crippen LogP contribution in [0.25, 0.3) is 6.08 Å². The Morgan fingerprint density at radius 2 is 2.09 bits per heavy atom. The van der Waals surface area contributed by atoms with Gasteiger partial charge in [0.15, 0.2) is 0 Å². The van der Waals surface area contributed by atoms with Crippen LogP contribution in [0, 0.1) is 10.1 Å². The maximum Gasteiger partial charge on any atom is 0.269 e. The molecule has 2 rings (SSSR count). The van der Waals surface area contributed by atoms with E-state index in [2.05, 4.69) is 5.32 Å². The largest absolute Gasteiger partial charge is 0.384 e. The predicted molar refractivity (Wildman–Crippen MR) is 89.0 cm³/mol. The van der Waals surface area contributed by atoms with Crippen molar-refractivity contribution < 1.29 is 14.8 Å². The van der Waals surface area contributed by atoms with Crippen molar-refractivity contribution >= 4 is 29.0 Å². The number of thiophene rings is 1. The van der Waals surface area contributed by atoms with E-state index in [-0.39, 0.29) is 18.1 Å². The van der Waals surface area contributed by atoms with E-state index in [1.54, 1.807) is 25.1 Å². The van der Waals surface area contributed by atoms with E-state index in [4.69, 9.17) is 0 Å². The summed E-state index contributed by atoms with van der Waals surface area (Å²) in [5, 5.41) is 27.2. The van der Waals surface area contributed by atoms with E-state index in [0.717, 1.165) is 5.56 Å². The first-order chi connectivity index (χ1) is 10.9. The molecule has 0 aliphatic heterocycles. The molecule has 1 atom stereocenters. The molecule has 1 amide bonds. The smallest absolute Gasteiger partial charge is 0.269 e. The van der Waals surface area contributed by atoms with Crippen LogP contribution in [0.4, 0.5) is 5.69 Å². The van der Waals surface area contributed by atoms with Crippen LogP contribution in [0.15, 0.2) is 47.2 Å². The molecular weight excluding hydrogens is 316 g/mol. The zero-order valence-electron chi connectivity index (χ0n) is 12.4. The zero-order valence-corrected chi connectivity index (χ0v) is 13.2. The highest BCUT2D eigenvalue weighted by Crippen LogP contribution is 2.22. The number of hydrogen-bond acceptors (Lipinski definition) is 5. The van der Waals surface area contributed by atoms with Crippen molar-refractivity contribution in [2.24, 2.45) is 0 Å². The number of nitro benzene ring substituents is 1. The van der Waals surface area contributed by atoms with Gasteiger partial charge in [-0.1, -0.05) is 0 Å². The highest BCUT2D eigenvalue weighted by Gasteiger charge is 2.23. The molecule has 2 aromatic rings. The SMILES string of the molecule is CC(O)(CNC(=O)/C=C/c1ccc([N+](=O)[O-])cc1)c1ccsc1. The van der Waals surface area contributed by atoms with Crippen LogP contribution < -0.4 is 5.32 Å². The molecule has 1 aromatic heterocycles. The van der Waals surface area contributed by atoms with Crippen molar-refractivity contribution in [3.63, 3.8) is 0 Å². The van der Waals surface area contributed by atoms with Gasteiger partial charge in [-0.3, -0.25) is 14.9 Å². The van der Waals surface area contributed by atoms with E-state index in [0.29, 0.717) is 5.56 Å². The van der Waals surface area contributed by atoms with E-state index < -0.39 is 10.5 Å². The maximum absolute atomic E-state index is 11.8. The van der Waals surface area contributed by atoms with Gasteiger partial charge in [0.25, 0.3) is 5.69 Å². The fourth-order valence-corrected chi connectivity index (χ4v) is 2.65. The Labute approximate surface area is 137 Å². The van der Waals surface area contributed by atoms with Gasteiger partial charge >= 0.3 is 0 Å². The fourth-order valence-electron chi connectivity index (χ4n) is 1.87. The van der Waals surface area contributed by atoms with E-state index >= 15 is 0 Å². The number of rotatable bonds is 6. The van der Waals surface area contributed by atoms with E-state index in [1.165, 1.54) is 29.5 Å². The maximum atomic E-state index is 11.8. The molecule has 7 heteroatoms. The van der Waals surface area contributed by atoms with Crippen LogP contribution in [-0.4, -0.2) is 22.5 Å². The highest BCUT2D eigenvalue weighted by atomic mass is 32.1. The molecule has 1 aromatic carbocycles. The van der Waals surface area contributed by atoms with Crippen LogP contribution in [0.1, 0.15) is 18.1 Å². The number of non-ortho nitro benzene ring substituents is 1. The molecule has 1 heterocycles. The Bertz CT molecular complexity index is 706. The van der Waals surface area contributed by atoms with E-state index in [9.17, 15) is 20.0 Å². The van der Waals surface area contributed by atoms with Crippen LogP contribution in [0.2, 0.25) is 0 Å². The highest BCUT2D eigenvalue weighted by molar-refractivity contribution is 7.08. The number of benzene rings is 1. The number of aliphatic hydroxyl groups is 1. The molecule has 0 saturated heterocycles. The lowest BCUT2D eigenvalue weighted by Gasteiger charge is -2.22. The van der Waals surface area contributed by atoms with Crippen molar-refractivity contribution in [3.05, 3.63) is 68.4 Å². The van der Waals surface area contributed by atoms with Crippen LogP contribution in [0.3, 0.4) is 0 Å². The second-order valence-electron chi connectivity index (χ2n) is 5.19. The summed E-state index contributed by atoms with van der Waals surface area (Å²) in [5.41, 5.74) is 0.299. The topological polar surface area (TPSA) is 92.5 Å². The molecule has 0 bridgehead atoms. The van der Waals surface area contributed by atoms with Gasteiger partial charge in [-0.25, -0.2) is 0 Å². The van der Waals surface area contributed by atoms with Gasteiger partial charge < -0.3 is 10.4 Å². The van der Waals surface area contributed by atoms with Crippen LogP contribution in [0.5, 0.6) is 0 Å². The Morgan fingerprint density at radius 1 is 1.39 bits per heavy atom. The normalized spacial score (nSPS) is 13.7. The summed E-state index contributed by atoms with van der Waals surface area (Å²) in [4.78, 5) is 21.9. The molecule has 0 saturated carbocycles. The quantitative estimate of drug-likeness (QED) is 0.483. The third-order valence-corrected chi connectivity index (χ3v) is 3.96. The van der Waals surface area contributed by atoms with Crippen molar-refractivity contribution in [3.8, 4) is 0 Å². The lowest BCUT2D eigenvalue weighted by molar-refractivity contribution is -0.384. The molecule has 0 aliphatic carbocycles. The molecule has 120 valence electrons. The van der Waals surface area contributed by atoms with Crippen LogP contribution in [-0.2, 0) is 10.4 Å². The number of carbonyl (C=O) groups excluding carboxylic acids is 1. The second-order valence-corrected chi connectivity index (χ2v) is 5.97. The Kier molecular flexibility index (Phi) is 5.25. The minimum Gasteiger partial charge on any atom is -0.384 e. The first-order valence-corrected chi connectivity index (χ1v) is 7.78. The summed E-state index contributed by atoms with van der Waals surface area (Å²) >= 11 is 1.48. The number of nitro groups is 1. The lowest BCUT2D eigenvalue weighted by atomic mass is 9.99. The average molecular weight is 332 g/mol. The Balaban J connectivity index is 1.90. The van der Waals surface area contributed by atoms with E-state index in [1.807, 2.05) is 16.8 Å². The zero-order chi connectivity index (χ0) is 16.9. The summed E-state index contributed by atoms with van der Waals surface area (Å²) in [6, 6.07) is 7.67. The number of nitrogens with one attached hydrogen (secondary N) is 1. The van der Waals surface area contributed by atoms with Gasteiger partial charge in [-0.15, -0.1) is 0 Å². The number of amides is 1. The fraction of sp³-hybridized carbons (Fsp3) is 0.188. The molecule has 1 unspecified atom stereocenters. The summed E-state index contributed by atoms with van der Waals surface area (Å²) in [5.74, 6) is -0.348. The average Bonchev–Trinajstić information content (AvgIpc) is 3.06. The first-order valence-electron chi connectivity index (χ1n) is 6.84. The van der Waals surface area contributed by atoms with Gasteiger partial charge in [0.05, 0.1) is 11.5 Å². The standard InChI is InChI=1S/C16H16N2O4S/c1-16(20,13-8-9-23-10-13)11-17-15(19)7-4-12-2-5-14(6-3-12)18(21)22/h2-10,20H,11H2,1H3,(H,17,19)/b7-4+. The van der Waals surface area contributed by atoms with Crippen molar-refractivity contribution in [1.29, 1.82) is 0 Å². The monoisotopic (exact) mass is 332 g/mol. The Hall–Kier alpha value is -2.51. The summed E-state index contributed by atoms with van der Waals surface area (Å²) in [7, 11) is 0. The molecule has 0 aliphatic rings. The summed E-state index contributed by atoms with van der Waals surface area (Å²) in [6.07, 6.45) is 2.88. The minimum atomic E-state index is -1.13. The molecular formula is C16H16N2O4S. The number of nitrogens with zero attached hydrogens (tertiary/aromatic N) is 1. The van der Waals surface area contributed by atoms with Crippen LogP contribution >= 0.6 is 11.3 Å². The third-order valence-electron chi connectivity index (χ3n) is 3.28. The lowest BCUT2D eigenvalue weighted by Crippen LogP contribution is -2.37. The molecule has 0 fully saturated rings. The number of hydrogen-bond donors (Lipinski definition) is 2. The Morgan fingerprint density at radius 3 is 2.65 bits per heavy atom. The molecule has 0 radical (unpaired) electrons. The molecule has 2 N–H and O–H groups in total. The summed E-state index contributed by atoms with van der Waals surface area (Å²) < 4.78 is 0. The molecule has 0 spiro atoms. The van der Waals surface area contributed by atoms with Crippen molar-refractivity contribution in [2.75, 3.05) is 6.54 Å². The van der Waals surface area contributed by atoms with Crippen molar-refractivity contribution in [2.45, 2.75) is 12.5 Å². The minimum absolute atomic E-state index is 0.00147. The second kappa shape index (κ2) is 7.17. The number of carbonyl (C=O) groups is 1. The molecule has 23 heavy (non-hydrogen) atoms. The van der Waals surface area contributed by atoms with Gasteiger partial charge in [-0.05, 0) is 53.1 Å². The first kappa shape index (κ1) is 16.9.